The molecule has 0 heterocycles. The summed E-state index contributed by atoms with van der Waals surface area (Å²) >= 11 is 0. The maximum absolute atomic E-state index is 12.8. The fourth-order valence-corrected chi connectivity index (χ4v) is 8.47. The molecule has 0 amide bonds. The molecule has 0 aliphatic heterocycles. The van der Waals surface area contributed by atoms with Gasteiger partial charge >= 0.3 is 13.8 Å². The Bertz CT molecular complexity index is 987. The average molecular weight is 887 g/mol. The van der Waals surface area contributed by atoms with Crippen LogP contribution in [0, 0.1) is 0 Å². The first-order valence-electron chi connectivity index (χ1n) is 26.4. The maximum Gasteiger partial charge on any atom is 0.472 e. The lowest BCUT2D eigenvalue weighted by molar-refractivity contribution is -0.870. The minimum absolute atomic E-state index is 0.0917. The number of ether oxygens (including phenoxy) is 2. The first-order valence-corrected chi connectivity index (χ1v) is 27.9. The molecule has 0 aromatic carbocycles. The molecule has 0 saturated carbocycles. The fraction of sp³-hybridized carbons (Fsp3) is 0.942. The molecule has 8 nitrogen and oxygen atoms in total. The van der Waals surface area contributed by atoms with Gasteiger partial charge in [-0.05, 0) is 38.5 Å². The van der Waals surface area contributed by atoms with E-state index in [1.165, 1.54) is 205 Å². The molecule has 0 aliphatic carbocycles. The van der Waals surface area contributed by atoms with E-state index in [2.05, 4.69) is 26.0 Å². The summed E-state index contributed by atoms with van der Waals surface area (Å²) in [6, 6.07) is 0. The molecule has 61 heavy (non-hydrogen) atoms. The summed E-state index contributed by atoms with van der Waals surface area (Å²) < 4.78 is 35.2. The van der Waals surface area contributed by atoms with Gasteiger partial charge < -0.3 is 18.9 Å². The monoisotopic (exact) mass is 887 g/mol. The minimum Gasteiger partial charge on any atom is -0.457 e. The lowest BCUT2D eigenvalue weighted by atomic mass is 10.0. The van der Waals surface area contributed by atoms with Gasteiger partial charge in [0.2, 0.25) is 0 Å². The highest BCUT2D eigenvalue weighted by Crippen LogP contribution is 2.43. The number of allylic oxidation sites excluding steroid dienone is 2. The number of hydrogen-bond acceptors (Lipinski definition) is 6. The van der Waals surface area contributed by atoms with Crippen LogP contribution in [0.25, 0.3) is 0 Å². The molecule has 0 fully saturated rings. The van der Waals surface area contributed by atoms with Crippen molar-refractivity contribution in [3.63, 3.8) is 0 Å². The summed E-state index contributed by atoms with van der Waals surface area (Å²) in [5.74, 6) is -0.307. The van der Waals surface area contributed by atoms with Gasteiger partial charge in [0.25, 0.3) is 0 Å². The van der Waals surface area contributed by atoms with Crippen LogP contribution in [0.15, 0.2) is 12.2 Å². The molecular formula is C52H105NO7P+. The van der Waals surface area contributed by atoms with Crippen LogP contribution >= 0.6 is 7.82 Å². The molecule has 0 aliphatic rings. The van der Waals surface area contributed by atoms with Crippen LogP contribution in [0.5, 0.6) is 0 Å². The second-order valence-electron chi connectivity index (χ2n) is 19.3. The molecule has 9 heteroatoms. The number of carbonyl (C=O) groups is 1. The Balaban J connectivity index is 4.09. The van der Waals surface area contributed by atoms with Crippen molar-refractivity contribution in [2.75, 3.05) is 54.1 Å². The topological polar surface area (TPSA) is 91.3 Å². The highest BCUT2D eigenvalue weighted by atomic mass is 31.2. The summed E-state index contributed by atoms with van der Waals surface area (Å²) in [6.07, 6.45) is 52.6. The normalized spacial score (nSPS) is 13.6. The largest absolute Gasteiger partial charge is 0.472 e. The molecule has 0 spiro atoms. The van der Waals surface area contributed by atoms with E-state index >= 15 is 0 Å². The van der Waals surface area contributed by atoms with Gasteiger partial charge in [-0.3, -0.25) is 13.8 Å². The fourth-order valence-electron chi connectivity index (χ4n) is 7.73. The summed E-state index contributed by atoms with van der Waals surface area (Å²) in [5, 5.41) is 0. The number of carbonyl (C=O) groups excluding carboxylic acids is 1. The number of hydrogen-bond donors (Lipinski definition) is 1. The van der Waals surface area contributed by atoms with Crippen LogP contribution in [-0.2, 0) is 27.9 Å². The van der Waals surface area contributed by atoms with Crippen LogP contribution < -0.4 is 0 Å². The van der Waals surface area contributed by atoms with Gasteiger partial charge in [0, 0.05) is 13.0 Å². The van der Waals surface area contributed by atoms with Crippen molar-refractivity contribution in [3.8, 4) is 0 Å². The number of rotatable bonds is 50. The number of unbranched alkanes of at least 4 members (excludes halogenated alkanes) is 34. The number of nitrogens with zero attached hydrogens (tertiary/aromatic N) is 1. The zero-order chi connectivity index (χ0) is 44.8. The van der Waals surface area contributed by atoms with E-state index in [0.29, 0.717) is 24.1 Å². The molecular weight excluding hydrogens is 782 g/mol. The van der Waals surface area contributed by atoms with Gasteiger partial charge in [0.15, 0.2) is 0 Å². The van der Waals surface area contributed by atoms with Crippen molar-refractivity contribution >= 4 is 13.8 Å². The maximum atomic E-state index is 12.8. The zero-order valence-electron chi connectivity index (χ0n) is 41.4. The number of quaternary nitrogens is 1. The third-order valence-corrected chi connectivity index (χ3v) is 12.8. The van der Waals surface area contributed by atoms with Crippen LogP contribution in [0.4, 0.5) is 0 Å². The first kappa shape index (κ1) is 60.2. The molecule has 364 valence electrons. The van der Waals surface area contributed by atoms with Crippen molar-refractivity contribution in [1.82, 2.24) is 0 Å². The van der Waals surface area contributed by atoms with Gasteiger partial charge in [0.1, 0.15) is 19.3 Å². The second kappa shape index (κ2) is 45.8. The Morgan fingerprint density at radius 1 is 0.492 bits per heavy atom. The van der Waals surface area contributed by atoms with Crippen molar-refractivity contribution in [2.45, 2.75) is 264 Å². The highest BCUT2D eigenvalue weighted by Gasteiger charge is 2.26. The summed E-state index contributed by atoms with van der Waals surface area (Å²) in [4.78, 5) is 23.0. The SMILES string of the molecule is CCCCCCCC/C=C\CCCCCCCCCCOCC(COP(=O)(O)OCC[N+](C)(C)C)OC(=O)CCCCCCCCCCCCCCCCCCCCCCC. The third-order valence-electron chi connectivity index (χ3n) is 11.8. The van der Waals surface area contributed by atoms with E-state index < -0.39 is 13.9 Å². The average Bonchev–Trinajstić information content (AvgIpc) is 3.22. The Morgan fingerprint density at radius 2 is 0.852 bits per heavy atom. The quantitative estimate of drug-likeness (QED) is 0.0214. The van der Waals surface area contributed by atoms with E-state index in [-0.39, 0.29) is 25.8 Å². The van der Waals surface area contributed by atoms with Gasteiger partial charge in [0.05, 0.1) is 34.4 Å². The second-order valence-corrected chi connectivity index (χ2v) is 20.7. The standard InChI is InChI=1S/C52H104NO7P/c1-6-8-10-12-14-16-18-20-22-24-26-27-28-29-31-33-35-37-39-41-43-45-52(54)60-51(50-59-61(55,56)58-48-46-53(3,4)5)49-57-47-44-42-40-38-36-34-32-30-25-23-21-19-17-15-13-11-9-7-2/h21,23,51H,6-20,22,24-50H2,1-5H3/p+1/b23-21-. The van der Waals surface area contributed by atoms with Crippen molar-refractivity contribution in [1.29, 1.82) is 0 Å². The van der Waals surface area contributed by atoms with E-state index in [9.17, 15) is 14.3 Å². The molecule has 0 bridgehead atoms. The van der Waals surface area contributed by atoms with Crippen LogP contribution in [-0.4, -0.2) is 75.6 Å². The number of phosphoric ester groups is 1. The van der Waals surface area contributed by atoms with Crippen molar-refractivity contribution in [3.05, 3.63) is 12.2 Å². The molecule has 1 N–H and O–H groups in total. The predicted octanol–water partition coefficient (Wildman–Crippen LogP) is 16.2. The van der Waals surface area contributed by atoms with Crippen molar-refractivity contribution < 1.29 is 37.3 Å². The Hall–Kier alpha value is -0.760. The van der Waals surface area contributed by atoms with Crippen molar-refractivity contribution in [2.24, 2.45) is 0 Å². The molecule has 2 unspecified atom stereocenters. The Morgan fingerprint density at radius 3 is 1.25 bits per heavy atom. The van der Waals surface area contributed by atoms with Gasteiger partial charge in [-0.2, -0.15) is 0 Å². The molecule has 2 atom stereocenters. The summed E-state index contributed by atoms with van der Waals surface area (Å²) in [5.41, 5.74) is 0. The van der Waals surface area contributed by atoms with Gasteiger partial charge in [-0.1, -0.05) is 225 Å². The van der Waals surface area contributed by atoms with Crippen LogP contribution in [0.1, 0.15) is 258 Å². The predicted molar refractivity (Wildman–Crippen MR) is 261 cm³/mol. The summed E-state index contributed by atoms with van der Waals surface area (Å²) in [6.45, 7) is 5.68. The number of phosphoric acid groups is 1. The van der Waals surface area contributed by atoms with Gasteiger partial charge in [-0.15, -0.1) is 0 Å². The minimum atomic E-state index is -4.28. The Labute approximate surface area is 380 Å². The molecule has 0 aromatic rings. The van der Waals surface area contributed by atoms with E-state index in [4.69, 9.17) is 18.5 Å². The lowest BCUT2D eigenvalue weighted by Gasteiger charge is -2.24. The van der Waals surface area contributed by atoms with E-state index in [0.717, 1.165) is 32.1 Å². The molecule has 0 rings (SSSR count). The molecule has 0 aromatic heterocycles. The smallest absolute Gasteiger partial charge is 0.457 e. The third kappa shape index (κ3) is 50.1. The summed E-state index contributed by atoms with van der Waals surface area (Å²) in [7, 11) is 1.68. The Kier molecular flexibility index (Phi) is 45.2. The number of esters is 1. The molecule has 0 saturated heterocycles. The number of likely N-dealkylation sites (N-methyl/N-ethyl adjacent to an activating group) is 1. The van der Waals surface area contributed by atoms with Crippen LogP contribution in [0.2, 0.25) is 0 Å². The molecule has 0 radical (unpaired) electrons. The zero-order valence-corrected chi connectivity index (χ0v) is 42.3. The van der Waals surface area contributed by atoms with E-state index in [1.54, 1.807) is 0 Å². The lowest BCUT2D eigenvalue weighted by Crippen LogP contribution is -2.37. The van der Waals surface area contributed by atoms with E-state index in [1.807, 2.05) is 21.1 Å². The van der Waals surface area contributed by atoms with Crippen LogP contribution in [0.3, 0.4) is 0 Å². The van der Waals surface area contributed by atoms with Gasteiger partial charge in [-0.25, -0.2) is 4.57 Å². The highest BCUT2D eigenvalue weighted by molar-refractivity contribution is 7.47. The first-order chi connectivity index (χ1) is 29.6.